The number of ether oxygens (including phenoxy) is 4. The molecule has 0 unspecified atom stereocenters. The molecule has 2 saturated carbocycles. The van der Waals surface area contributed by atoms with Gasteiger partial charge in [0.25, 0.3) is 5.91 Å². The van der Waals surface area contributed by atoms with Gasteiger partial charge in [-0.15, -0.1) is 0 Å². The highest BCUT2D eigenvalue weighted by Crippen LogP contribution is 2.42. The van der Waals surface area contributed by atoms with Crippen LogP contribution < -0.4 is 19.9 Å². The number of fused-ring (bicyclic) bond motifs is 1. The molecule has 1 aromatic carbocycles. The van der Waals surface area contributed by atoms with Crippen LogP contribution in [0.15, 0.2) is 30.5 Å². The summed E-state index contributed by atoms with van der Waals surface area (Å²) in [6.07, 6.45) is 4.06. The van der Waals surface area contributed by atoms with Gasteiger partial charge in [-0.05, 0) is 91.3 Å². The molecular formula is C35H50N4O8. The van der Waals surface area contributed by atoms with Crippen molar-refractivity contribution in [3.63, 3.8) is 0 Å². The molecule has 0 aromatic heterocycles. The van der Waals surface area contributed by atoms with Crippen LogP contribution in [0, 0.1) is 11.8 Å². The van der Waals surface area contributed by atoms with Crippen molar-refractivity contribution < 1.29 is 38.1 Å². The number of nitrogens with one attached hydrogen (secondary N) is 1. The number of nitrogens with zero attached hydrogens (tertiary/aromatic N) is 3. The molecule has 47 heavy (non-hydrogen) atoms. The molecule has 5 rings (SSSR count). The second-order valence-electron chi connectivity index (χ2n) is 13.8. The Labute approximate surface area is 277 Å². The zero-order valence-electron chi connectivity index (χ0n) is 28.4. The number of rotatable bonds is 11. The Morgan fingerprint density at radius 2 is 1.81 bits per heavy atom. The number of piperidine rings is 1. The predicted molar refractivity (Wildman–Crippen MR) is 176 cm³/mol. The van der Waals surface area contributed by atoms with E-state index in [1.807, 2.05) is 19.9 Å². The molecule has 1 N–H and O–H groups in total. The van der Waals surface area contributed by atoms with Crippen LogP contribution in [0.2, 0.25) is 0 Å². The summed E-state index contributed by atoms with van der Waals surface area (Å²) >= 11 is 0. The summed E-state index contributed by atoms with van der Waals surface area (Å²) in [4.78, 5) is 59.5. The lowest BCUT2D eigenvalue weighted by Crippen LogP contribution is -2.55. The molecule has 12 nitrogen and oxygen atoms in total. The zero-order chi connectivity index (χ0) is 33.9. The first kappa shape index (κ1) is 34.7. The maximum Gasteiger partial charge on any atom is 0.410 e. The second-order valence-corrected chi connectivity index (χ2v) is 13.8. The van der Waals surface area contributed by atoms with Crippen molar-refractivity contribution in [3.05, 3.63) is 30.5 Å². The molecule has 2 aliphatic carbocycles. The highest BCUT2D eigenvalue weighted by molar-refractivity contribution is 6.08. The SMILES string of the molecule is C=C1Oc2ccc(N(C(=O)[C@@H]3C[C@H](C(=O)N[C@H]4CCC[C@@H]4OCC)CN(C(=O)OC(C)(C)C)C3)C3CC3)cc2N(CCOCC)C1=O. The fraction of sp³-hybridized carbons (Fsp3) is 0.657. The summed E-state index contributed by atoms with van der Waals surface area (Å²) in [6.45, 7) is 15.0. The van der Waals surface area contributed by atoms with Crippen LogP contribution in [0.4, 0.5) is 16.2 Å². The molecule has 1 saturated heterocycles. The molecule has 0 bridgehead atoms. The van der Waals surface area contributed by atoms with Crippen molar-refractivity contribution in [2.75, 3.05) is 49.3 Å². The number of anilines is 2. The Balaban J connectivity index is 1.40. The van der Waals surface area contributed by atoms with Gasteiger partial charge in [0.15, 0.2) is 11.5 Å². The summed E-state index contributed by atoms with van der Waals surface area (Å²) in [5.41, 5.74) is 0.430. The lowest BCUT2D eigenvalue weighted by atomic mass is 9.87. The van der Waals surface area contributed by atoms with Crippen LogP contribution in [0.5, 0.6) is 5.75 Å². The molecular weight excluding hydrogens is 604 g/mol. The molecule has 0 radical (unpaired) electrons. The van der Waals surface area contributed by atoms with E-state index in [1.165, 1.54) is 4.90 Å². The summed E-state index contributed by atoms with van der Waals surface area (Å²) in [6, 6.07) is 5.24. The molecule has 258 valence electrons. The standard InChI is InChI=1S/C35H50N4O8/c1-7-44-17-16-38-28-19-26(14-15-30(28)46-22(3)32(38)41)39(25-12-13-25)33(42)24-18-23(20-37(21-24)34(43)47-35(4,5)6)31(40)36-27-10-9-11-29(27)45-8-2/h14-15,19,23-25,27,29H,3,7-13,16-18,20-21H2,1-2,4-6H3,(H,36,40)/t23-,24+,27-,29-/m0/s1. The minimum absolute atomic E-state index is 0.0239. The van der Waals surface area contributed by atoms with Crippen LogP contribution in [0.1, 0.15) is 73.1 Å². The van der Waals surface area contributed by atoms with Gasteiger partial charge in [-0.1, -0.05) is 6.58 Å². The van der Waals surface area contributed by atoms with Crippen molar-refractivity contribution in [1.82, 2.24) is 10.2 Å². The molecule has 0 spiro atoms. The number of carbonyl (C=O) groups is 4. The van der Waals surface area contributed by atoms with Gasteiger partial charge >= 0.3 is 6.09 Å². The number of amides is 4. The van der Waals surface area contributed by atoms with Crippen molar-refractivity contribution in [3.8, 4) is 5.75 Å². The number of carbonyl (C=O) groups excluding carboxylic acids is 4. The summed E-state index contributed by atoms with van der Waals surface area (Å²) < 4.78 is 22.8. The van der Waals surface area contributed by atoms with Crippen molar-refractivity contribution in [2.24, 2.45) is 11.8 Å². The van der Waals surface area contributed by atoms with Crippen molar-refractivity contribution in [1.29, 1.82) is 0 Å². The summed E-state index contributed by atoms with van der Waals surface area (Å²) in [5, 5.41) is 3.18. The Hall–Kier alpha value is -3.64. The monoisotopic (exact) mass is 654 g/mol. The van der Waals surface area contributed by atoms with E-state index in [0.717, 1.165) is 32.1 Å². The smallest absolute Gasteiger partial charge is 0.410 e. The Morgan fingerprint density at radius 3 is 2.49 bits per heavy atom. The fourth-order valence-electron chi connectivity index (χ4n) is 6.71. The van der Waals surface area contributed by atoms with Crippen LogP contribution in [0.3, 0.4) is 0 Å². The van der Waals surface area contributed by atoms with Gasteiger partial charge in [-0.3, -0.25) is 19.3 Å². The van der Waals surface area contributed by atoms with E-state index in [0.29, 0.717) is 49.9 Å². The Bertz CT molecular complexity index is 1360. The van der Waals surface area contributed by atoms with Gasteiger partial charge in [-0.2, -0.15) is 0 Å². The van der Waals surface area contributed by atoms with E-state index >= 15 is 0 Å². The van der Waals surface area contributed by atoms with E-state index in [-0.39, 0.29) is 54.8 Å². The van der Waals surface area contributed by atoms with Gasteiger partial charge in [0.1, 0.15) is 5.60 Å². The average molecular weight is 655 g/mol. The molecule has 3 fully saturated rings. The molecule has 4 atom stereocenters. The van der Waals surface area contributed by atoms with Crippen LogP contribution in [-0.2, 0) is 28.6 Å². The minimum atomic E-state index is -0.734. The lowest BCUT2D eigenvalue weighted by molar-refractivity contribution is -0.131. The molecule has 4 aliphatic rings. The Kier molecular flexibility index (Phi) is 10.8. The highest BCUT2D eigenvalue weighted by Gasteiger charge is 2.44. The van der Waals surface area contributed by atoms with E-state index in [2.05, 4.69) is 11.9 Å². The Morgan fingerprint density at radius 1 is 1.06 bits per heavy atom. The quantitative estimate of drug-likeness (QED) is 0.275. The number of benzene rings is 1. The first-order valence-corrected chi connectivity index (χ1v) is 17.0. The zero-order valence-corrected chi connectivity index (χ0v) is 28.4. The number of hydrogen-bond acceptors (Lipinski definition) is 8. The van der Waals surface area contributed by atoms with Gasteiger partial charge in [-0.25, -0.2) is 4.79 Å². The molecule has 2 heterocycles. The summed E-state index contributed by atoms with van der Waals surface area (Å²) in [5.74, 6) is -1.44. The molecule has 4 amide bonds. The highest BCUT2D eigenvalue weighted by atomic mass is 16.6. The summed E-state index contributed by atoms with van der Waals surface area (Å²) in [7, 11) is 0. The third kappa shape index (κ3) is 8.27. The van der Waals surface area contributed by atoms with E-state index < -0.39 is 23.5 Å². The molecule has 2 aliphatic heterocycles. The third-order valence-corrected chi connectivity index (χ3v) is 9.02. The fourth-order valence-corrected chi connectivity index (χ4v) is 6.71. The normalized spacial score (nSPS) is 24.4. The largest absolute Gasteiger partial charge is 0.450 e. The van der Waals surface area contributed by atoms with Crippen molar-refractivity contribution >= 4 is 35.2 Å². The van der Waals surface area contributed by atoms with E-state index in [1.54, 1.807) is 42.7 Å². The number of likely N-dealkylation sites (tertiary alicyclic amines) is 1. The van der Waals surface area contributed by atoms with Crippen LogP contribution in [-0.4, -0.2) is 92.0 Å². The van der Waals surface area contributed by atoms with Gasteiger partial charge in [0, 0.05) is 44.6 Å². The van der Waals surface area contributed by atoms with E-state index in [4.69, 9.17) is 18.9 Å². The van der Waals surface area contributed by atoms with Gasteiger partial charge < -0.3 is 34.1 Å². The molecule has 12 heteroatoms. The maximum absolute atomic E-state index is 14.5. The lowest BCUT2D eigenvalue weighted by Gasteiger charge is -2.39. The molecule has 1 aromatic rings. The first-order chi connectivity index (χ1) is 22.4. The van der Waals surface area contributed by atoms with Crippen molar-refractivity contribution in [2.45, 2.75) is 96.9 Å². The topological polar surface area (TPSA) is 127 Å². The van der Waals surface area contributed by atoms with Gasteiger partial charge in [0.05, 0.1) is 36.3 Å². The van der Waals surface area contributed by atoms with Crippen LogP contribution >= 0.6 is 0 Å². The minimum Gasteiger partial charge on any atom is -0.450 e. The average Bonchev–Trinajstić information content (AvgIpc) is 3.77. The van der Waals surface area contributed by atoms with Gasteiger partial charge in [0.2, 0.25) is 11.8 Å². The third-order valence-electron chi connectivity index (χ3n) is 9.02. The predicted octanol–water partition coefficient (Wildman–Crippen LogP) is 4.40. The maximum atomic E-state index is 14.5. The number of hydrogen-bond donors (Lipinski definition) is 1. The van der Waals surface area contributed by atoms with Crippen LogP contribution in [0.25, 0.3) is 0 Å². The first-order valence-electron chi connectivity index (χ1n) is 17.0. The van der Waals surface area contributed by atoms with E-state index in [9.17, 15) is 19.2 Å². The second kappa shape index (κ2) is 14.6.